The van der Waals surface area contributed by atoms with Crippen LogP contribution in [0.4, 0.5) is 15.8 Å². The van der Waals surface area contributed by atoms with Gasteiger partial charge in [-0.25, -0.2) is 4.39 Å². The molecule has 7 heteroatoms. The molecule has 0 aromatic heterocycles. The number of rotatable bonds is 8. The second kappa shape index (κ2) is 9.80. The topological polar surface area (TPSA) is 59.6 Å². The van der Waals surface area contributed by atoms with Gasteiger partial charge in [-0.1, -0.05) is 17.7 Å². The SMILES string of the molecule is COc1ccc(NC(=O)COc2ccc(CNc3ccc(F)cc3)cc2Cl)cc1. The number of amides is 1. The molecule has 0 aliphatic carbocycles. The summed E-state index contributed by atoms with van der Waals surface area (Å²) in [6.45, 7) is 0.350. The molecule has 150 valence electrons. The maximum atomic E-state index is 12.9. The van der Waals surface area contributed by atoms with E-state index in [2.05, 4.69) is 10.6 Å². The van der Waals surface area contributed by atoms with Gasteiger partial charge >= 0.3 is 0 Å². The Morgan fingerprint density at radius 2 is 1.69 bits per heavy atom. The Kier molecular flexibility index (Phi) is 6.92. The highest BCUT2D eigenvalue weighted by atomic mass is 35.5. The lowest BCUT2D eigenvalue weighted by Gasteiger charge is -2.11. The van der Waals surface area contributed by atoms with Crippen molar-refractivity contribution in [2.24, 2.45) is 0 Å². The number of ether oxygens (including phenoxy) is 2. The molecule has 0 fully saturated rings. The van der Waals surface area contributed by atoms with Gasteiger partial charge in [0.25, 0.3) is 5.91 Å². The van der Waals surface area contributed by atoms with Gasteiger partial charge in [0.2, 0.25) is 0 Å². The largest absolute Gasteiger partial charge is 0.497 e. The van der Waals surface area contributed by atoms with Gasteiger partial charge in [0.1, 0.15) is 17.3 Å². The summed E-state index contributed by atoms with van der Waals surface area (Å²) in [5.74, 6) is 0.548. The predicted octanol–water partition coefficient (Wildman–Crippen LogP) is 5.12. The number of methoxy groups -OCH3 is 1. The first-order valence-electron chi connectivity index (χ1n) is 8.88. The minimum Gasteiger partial charge on any atom is -0.497 e. The first kappa shape index (κ1) is 20.5. The van der Waals surface area contributed by atoms with Crippen molar-refractivity contribution in [1.82, 2.24) is 0 Å². The van der Waals surface area contributed by atoms with E-state index in [-0.39, 0.29) is 18.3 Å². The van der Waals surface area contributed by atoms with E-state index in [4.69, 9.17) is 21.1 Å². The van der Waals surface area contributed by atoms with Crippen LogP contribution < -0.4 is 20.1 Å². The van der Waals surface area contributed by atoms with E-state index in [0.29, 0.717) is 28.8 Å². The molecule has 0 saturated heterocycles. The summed E-state index contributed by atoms with van der Waals surface area (Å²) in [5, 5.41) is 6.32. The highest BCUT2D eigenvalue weighted by Gasteiger charge is 2.08. The lowest BCUT2D eigenvalue weighted by atomic mass is 10.2. The zero-order valence-electron chi connectivity index (χ0n) is 15.7. The second-order valence-electron chi connectivity index (χ2n) is 6.19. The quantitative estimate of drug-likeness (QED) is 0.537. The van der Waals surface area contributed by atoms with Crippen LogP contribution in [0.25, 0.3) is 0 Å². The van der Waals surface area contributed by atoms with Crippen LogP contribution in [0.5, 0.6) is 11.5 Å². The number of anilines is 2. The maximum absolute atomic E-state index is 12.9. The van der Waals surface area contributed by atoms with Crippen molar-refractivity contribution in [2.45, 2.75) is 6.54 Å². The van der Waals surface area contributed by atoms with Gasteiger partial charge in [0.15, 0.2) is 6.61 Å². The second-order valence-corrected chi connectivity index (χ2v) is 6.60. The Bertz CT molecular complexity index is 963. The standard InChI is InChI=1S/C22H20ClFN2O3/c1-28-19-9-7-18(8-10-19)26-22(27)14-29-21-11-2-15(12-20(21)23)13-25-17-5-3-16(24)4-6-17/h2-12,25H,13-14H2,1H3,(H,26,27). The first-order valence-corrected chi connectivity index (χ1v) is 9.26. The van der Waals surface area contributed by atoms with Crippen molar-refractivity contribution in [3.63, 3.8) is 0 Å². The zero-order chi connectivity index (χ0) is 20.6. The molecule has 0 radical (unpaired) electrons. The number of hydrogen-bond acceptors (Lipinski definition) is 4. The van der Waals surface area contributed by atoms with Crippen LogP contribution in [-0.2, 0) is 11.3 Å². The Labute approximate surface area is 173 Å². The number of benzene rings is 3. The molecule has 3 rings (SSSR count). The molecule has 29 heavy (non-hydrogen) atoms. The summed E-state index contributed by atoms with van der Waals surface area (Å²) >= 11 is 6.26. The van der Waals surface area contributed by atoms with E-state index in [9.17, 15) is 9.18 Å². The van der Waals surface area contributed by atoms with Crippen LogP contribution in [-0.4, -0.2) is 19.6 Å². The van der Waals surface area contributed by atoms with Gasteiger partial charge in [-0.15, -0.1) is 0 Å². The third kappa shape index (κ3) is 6.12. The molecular formula is C22H20ClFN2O3. The van der Waals surface area contributed by atoms with E-state index in [1.54, 1.807) is 55.6 Å². The zero-order valence-corrected chi connectivity index (χ0v) is 16.5. The molecule has 3 aromatic rings. The van der Waals surface area contributed by atoms with Gasteiger partial charge in [0, 0.05) is 17.9 Å². The summed E-state index contributed by atoms with van der Waals surface area (Å²) < 4.78 is 23.5. The number of carbonyl (C=O) groups is 1. The van der Waals surface area contributed by atoms with E-state index in [1.165, 1.54) is 12.1 Å². The average molecular weight is 415 g/mol. The normalized spacial score (nSPS) is 10.3. The van der Waals surface area contributed by atoms with E-state index >= 15 is 0 Å². The van der Waals surface area contributed by atoms with Crippen molar-refractivity contribution in [3.8, 4) is 11.5 Å². The molecule has 3 aromatic carbocycles. The van der Waals surface area contributed by atoms with Gasteiger partial charge in [-0.05, 0) is 66.2 Å². The van der Waals surface area contributed by atoms with Gasteiger partial charge in [-0.2, -0.15) is 0 Å². The summed E-state index contributed by atoms with van der Waals surface area (Å²) in [6, 6.07) is 18.4. The predicted molar refractivity (Wildman–Crippen MR) is 112 cm³/mol. The van der Waals surface area contributed by atoms with Gasteiger partial charge < -0.3 is 20.1 Å². The maximum Gasteiger partial charge on any atom is 0.262 e. The average Bonchev–Trinajstić information content (AvgIpc) is 2.73. The molecule has 0 heterocycles. The lowest BCUT2D eigenvalue weighted by Crippen LogP contribution is -2.20. The van der Waals surface area contributed by atoms with Crippen molar-refractivity contribution in [2.75, 3.05) is 24.4 Å². The molecule has 2 N–H and O–H groups in total. The fraction of sp³-hybridized carbons (Fsp3) is 0.136. The van der Waals surface area contributed by atoms with Crippen LogP contribution in [0.1, 0.15) is 5.56 Å². The smallest absolute Gasteiger partial charge is 0.262 e. The van der Waals surface area contributed by atoms with Gasteiger partial charge in [0.05, 0.1) is 12.1 Å². The minimum absolute atomic E-state index is 0.168. The molecule has 0 aliphatic heterocycles. The van der Waals surface area contributed by atoms with Crippen molar-refractivity contribution in [3.05, 3.63) is 83.1 Å². The minimum atomic E-state index is -0.298. The number of nitrogens with one attached hydrogen (secondary N) is 2. The van der Waals surface area contributed by atoms with Crippen LogP contribution in [0.2, 0.25) is 5.02 Å². The summed E-state index contributed by atoms with van der Waals surface area (Å²) in [6.07, 6.45) is 0. The van der Waals surface area contributed by atoms with E-state index in [1.807, 2.05) is 6.07 Å². The highest BCUT2D eigenvalue weighted by Crippen LogP contribution is 2.26. The van der Waals surface area contributed by atoms with Crippen molar-refractivity contribution < 1.29 is 18.7 Å². The number of carbonyl (C=O) groups excluding carboxylic acids is 1. The molecule has 0 bridgehead atoms. The molecule has 0 spiro atoms. The number of hydrogen-bond donors (Lipinski definition) is 2. The van der Waals surface area contributed by atoms with Crippen LogP contribution in [0.15, 0.2) is 66.7 Å². The van der Waals surface area contributed by atoms with Crippen LogP contribution in [0, 0.1) is 5.82 Å². The fourth-order valence-corrected chi connectivity index (χ4v) is 2.82. The molecular weight excluding hydrogens is 395 g/mol. The summed E-state index contributed by atoms with van der Waals surface area (Å²) in [5.41, 5.74) is 2.38. The first-order chi connectivity index (χ1) is 14.0. The third-order valence-electron chi connectivity index (χ3n) is 4.07. The highest BCUT2D eigenvalue weighted by molar-refractivity contribution is 6.32. The fourth-order valence-electron chi connectivity index (χ4n) is 2.56. The van der Waals surface area contributed by atoms with Crippen molar-refractivity contribution >= 4 is 28.9 Å². The molecule has 1 amide bonds. The Balaban J connectivity index is 1.50. The Morgan fingerprint density at radius 3 is 2.34 bits per heavy atom. The monoisotopic (exact) mass is 414 g/mol. The lowest BCUT2D eigenvalue weighted by molar-refractivity contribution is -0.118. The van der Waals surface area contributed by atoms with Crippen LogP contribution in [0.3, 0.4) is 0 Å². The molecule has 0 saturated carbocycles. The number of halogens is 2. The van der Waals surface area contributed by atoms with Gasteiger partial charge in [-0.3, -0.25) is 4.79 Å². The summed E-state index contributed by atoms with van der Waals surface area (Å²) in [4.78, 5) is 12.1. The van der Waals surface area contributed by atoms with E-state index in [0.717, 1.165) is 11.3 Å². The molecule has 0 aliphatic rings. The van der Waals surface area contributed by atoms with E-state index < -0.39 is 0 Å². The van der Waals surface area contributed by atoms with Crippen molar-refractivity contribution in [1.29, 1.82) is 0 Å². The molecule has 0 atom stereocenters. The molecule has 5 nitrogen and oxygen atoms in total. The summed E-state index contributed by atoms with van der Waals surface area (Å²) in [7, 11) is 1.58. The van der Waals surface area contributed by atoms with Crippen LogP contribution >= 0.6 is 11.6 Å². The Morgan fingerprint density at radius 1 is 1.00 bits per heavy atom. The molecule has 0 unspecified atom stereocenters. The third-order valence-corrected chi connectivity index (χ3v) is 4.37. The Hall–Kier alpha value is -3.25.